The number of carboxylic acids is 1. The third kappa shape index (κ3) is 1.94. The molecule has 0 radical (unpaired) electrons. The summed E-state index contributed by atoms with van der Waals surface area (Å²) in [6.45, 7) is 5.29. The minimum atomic E-state index is -1.01. The van der Waals surface area contributed by atoms with Crippen LogP contribution in [-0.2, 0) is 14.3 Å². The second-order valence-electron chi connectivity index (χ2n) is 4.38. The Morgan fingerprint density at radius 2 is 2.06 bits per heavy atom. The van der Waals surface area contributed by atoms with Crippen molar-refractivity contribution in [2.75, 3.05) is 6.61 Å². The van der Waals surface area contributed by atoms with Gasteiger partial charge in [0, 0.05) is 5.92 Å². The predicted octanol–water partition coefficient (Wildman–Crippen LogP) is 1.76. The molecule has 0 amide bonds. The van der Waals surface area contributed by atoms with Gasteiger partial charge in [-0.25, -0.2) is 0 Å². The van der Waals surface area contributed by atoms with Crippen LogP contribution in [0.3, 0.4) is 0 Å². The second kappa shape index (κ2) is 4.23. The molecule has 5 heteroatoms. The Hall–Kier alpha value is -1.39. The van der Waals surface area contributed by atoms with Crippen molar-refractivity contribution in [2.45, 2.75) is 20.8 Å². The molecule has 1 fully saturated rings. The molecule has 1 aliphatic carbocycles. The zero-order valence-electron chi connectivity index (χ0n) is 9.49. The third-order valence-corrected chi connectivity index (χ3v) is 3.01. The summed E-state index contributed by atoms with van der Waals surface area (Å²) < 4.78 is 18.3. The highest BCUT2D eigenvalue weighted by molar-refractivity contribution is 5.78. The van der Waals surface area contributed by atoms with Crippen LogP contribution in [0.15, 0.2) is 11.6 Å². The van der Waals surface area contributed by atoms with Crippen LogP contribution in [0.4, 0.5) is 4.39 Å². The van der Waals surface area contributed by atoms with E-state index in [-0.39, 0.29) is 18.7 Å². The molecular formula is C11H15FO4. The minimum absolute atomic E-state index is 0.0539. The van der Waals surface area contributed by atoms with Crippen LogP contribution in [0.5, 0.6) is 0 Å². The van der Waals surface area contributed by atoms with E-state index in [4.69, 9.17) is 9.84 Å². The quantitative estimate of drug-likeness (QED) is 0.444. The first-order valence-corrected chi connectivity index (χ1v) is 5.08. The van der Waals surface area contributed by atoms with Gasteiger partial charge in [0.1, 0.15) is 5.76 Å². The molecule has 90 valence electrons. The van der Waals surface area contributed by atoms with E-state index in [1.54, 1.807) is 20.8 Å². The summed E-state index contributed by atoms with van der Waals surface area (Å²) in [6.07, 6.45) is 0.0539. The van der Waals surface area contributed by atoms with E-state index in [1.165, 1.54) is 0 Å². The van der Waals surface area contributed by atoms with Gasteiger partial charge < -0.3 is 9.84 Å². The number of aldehydes is 1. The van der Waals surface area contributed by atoms with Crippen LogP contribution in [0.1, 0.15) is 20.8 Å². The van der Waals surface area contributed by atoms with E-state index in [0.717, 1.165) is 0 Å². The summed E-state index contributed by atoms with van der Waals surface area (Å²) in [7, 11) is 0. The van der Waals surface area contributed by atoms with E-state index >= 15 is 0 Å². The summed E-state index contributed by atoms with van der Waals surface area (Å²) in [5.74, 6) is -3.39. The van der Waals surface area contributed by atoms with Crippen LogP contribution >= 0.6 is 0 Å². The van der Waals surface area contributed by atoms with Gasteiger partial charge in [-0.05, 0) is 12.3 Å². The lowest BCUT2D eigenvalue weighted by molar-refractivity contribution is -0.139. The van der Waals surface area contributed by atoms with Crippen molar-refractivity contribution in [3.63, 3.8) is 0 Å². The minimum Gasteiger partial charge on any atom is -0.495 e. The maximum Gasteiger partial charge on any atom is 0.307 e. The summed E-state index contributed by atoms with van der Waals surface area (Å²) in [4.78, 5) is 21.3. The highest BCUT2D eigenvalue weighted by Crippen LogP contribution is 2.62. The average molecular weight is 230 g/mol. The van der Waals surface area contributed by atoms with Crippen LogP contribution in [-0.4, -0.2) is 24.0 Å². The first-order chi connectivity index (χ1) is 7.37. The van der Waals surface area contributed by atoms with Crippen molar-refractivity contribution in [3.05, 3.63) is 11.6 Å². The topological polar surface area (TPSA) is 63.6 Å². The van der Waals surface area contributed by atoms with E-state index < -0.39 is 29.0 Å². The van der Waals surface area contributed by atoms with E-state index in [9.17, 15) is 14.0 Å². The summed E-state index contributed by atoms with van der Waals surface area (Å²) >= 11 is 0. The van der Waals surface area contributed by atoms with Crippen molar-refractivity contribution >= 4 is 12.3 Å². The van der Waals surface area contributed by atoms with Gasteiger partial charge in [-0.15, -0.1) is 0 Å². The van der Waals surface area contributed by atoms with Crippen molar-refractivity contribution in [1.82, 2.24) is 0 Å². The molecular weight excluding hydrogens is 215 g/mol. The molecule has 0 spiro atoms. The number of carbonyl (C=O) groups is 2. The molecule has 0 aromatic rings. The fourth-order valence-corrected chi connectivity index (χ4v) is 2.11. The number of rotatable bonds is 5. The van der Waals surface area contributed by atoms with Gasteiger partial charge in [0.2, 0.25) is 5.83 Å². The lowest BCUT2D eigenvalue weighted by atomic mass is 10.1. The smallest absolute Gasteiger partial charge is 0.307 e. The zero-order chi connectivity index (χ0) is 12.5. The van der Waals surface area contributed by atoms with Crippen LogP contribution in [0, 0.1) is 17.3 Å². The van der Waals surface area contributed by atoms with E-state index in [2.05, 4.69) is 0 Å². The zero-order valence-corrected chi connectivity index (χ0v) is 9.49. The van der Waals surface area contributed by atoms with Crippen LogP contribution in [0.25, 0.3) is 0 Å². The molecule has 0 aliphatic heterocycles. The fourth-order valence-electron chi connectivity index (χ4n) is 2.11. The lowest BCUT2D eigenvalue weighted by Crippen LogP contribution is -2.05. The number of halogens is 1. The molecule has 0 aromatic heterocycles. The van der Waals surface area contributed by atoms with Crippen molar-refractivity contribution in [2.24, 2.45) is 17.3 Å². The molecule has 0 saturated heterocycles. The molecule has 0 aromatic carbocycles. The number of hydrogen-bond acceptors (Lipinski definition) is 3. The molecule has 1 saturated carbocycles. The SMILES string of the molecule is CCOC(=C(F)C=O)C1C(C(=O)O)C1(C)C. The Bertz CT molecular complexity index is 346. The molecule has 1 N–H and O–H groups in total. The molecule has 2 atom stereocenters. The number of hydrogen-bond donors (Lipinski definition) is 1. The summed E-state index contributed by atoms with van der Waals surface area (Å²) in [5.41, 5.74) is -0.573. The third-order valence-electron chi connectivity index (χ3n) is 3.01. The first-order valence-electron chi connectivity index (χ1n) is 5.08. The summed E-state index contributed by atoms with van der Waals surface area (Å²) in [6, 6.07) is 0. The van der Waals surface area contributed by atoms with Crippen LogP contribution < -0.4 is 0 Å². The molecule has 2 unspecified atom stereocenters. The molecule has 0 heterocycles. The van der Waals surface area contributed by atoms with Gasteiger partial charge in [0.05, 0.1) is 12.5 Å². The Morgan fingerprint density at radius 1 is 1.50 bits per heavy atom. The van der Waals surface area contributed by atoms with Crippen molar-refractivity contribution in [3.8, 4) is 0 Å². The molecule has 0 bridgehead atoms. The maximum atomic E-state index is 13.2. The highest BCUT2D eigenvalue weighted by atomic mass is 19.1. The first kappa shape index (κ1) is 12.7. The Morgan fingerprint density at radius 3 is 2.38 bits per heavy atom. The van der Waals surface area contributed by atoms with Gasteiger partial charge in [-0.2, -0.15) is 4.39 Å². The standard InChI is InChI=1S/C11H15FO4/c1-4-16-9(6(12)5-13)7-8(10(14)15)11(7,2)3/h5,7-8H,4H2,1-3H3,(H,14,15). The van der Waals surface area contributed by atoms with E-state index in [1.807, 2.05) is 0 Å². The fraction of sp³-hybridized carbons (Fsp3) is 0.636. The number of allylic oxidation sites excluding steroid dienone is 2. The highest BCUT2D eigenvalue weighted by Gasteiger charge is 2.65. The molecule has 1 rings (SSSR count). The van der Waals surface area contributed by atoms with Crippen molar-refractivity contribution in [1.29, 1.82) is 0 Å². The monoisotopic (exact) mass is 230 g/mol. The Kier molecular flexibility index (Phi) is 3.35. The number of ether oxygens (including phenoxy) is 1. The van der Waals surface area contributed by atoms with Gasteiger partial charge in [-0.3, -0.25) is 9.59 Å². The van der Waals surface area contributed by atoms with Gasteiger partial charge in [0.15, 0.2) is 6.29 Å². The Labute approximate surface area is 93.1 Å². The normalized spacial score (nSPS) is 28.0. The predicted molar refractivity (Wildman–Crippen MR) is 54.2 cm³/mol. The Balaban J connectivity index is 3.00. The average Bonchev–Trinajstić information content (AvgIpc) is 2.76. The summed E-state index contributed by atoms with van der Waals surface area (Å²) in [5, 5.41) is 8.94. The molecule has 4 nitrogen and oxygen atoms in total. The number of aliphatic carboxylic acids is 1. The van der Waals surface area contributed by atoms with Gasteiger partial charge >= 0.3 is 5.97 Å². The lowest BCUT2D eigenvalue weighted by Gasteiger charge is -2.09. The van der Waals surface area contributed by atoms with Crippen LogP contribution in [0.2, 0.25) is 0 Å². The number of carboxylic acid groups (broad SMARTS) is 1. The van der Waals surface area contributed by atoms with Gasteiger partial charge in [-0.1, -0.05) is 13.8 Å². The largest absolute Gasteiger partial charge is 0.495 e. The van der Waals surface area contributed by atoms with Gasteiger partial charge in [0.25, 0.3) is 0 Å². The molecule has 1 aliphatic rings. The van der Waals surface area contributed by atoms with E-state index in [0.29, 0.717) is 0 Å². The second-order valence-corrected chi connectivity index (χ2v) is 4.38. The molecule has 16 heavy (non-hydrogen) atoms. The number of carbonyl (C=O) groups excluding carboxylic acids is 1. The maximum absolute atomic E-state index is 13.2. The van der Waals surface area contributed by atoms with Crippen molar-refractivity contribution < 1.29 is 23.8 Å².